The number of amides is 2. The largest absolute Gasteiger partial charge is 0.481 e. The minimum absolute atomic E-state index is 0.0145. The molecule has 0 aromatic carbocycles. The molecule has 8 heteroatoms. The molecule has 1 fully saturated rings. The normalized spacial score (nSPS) is 20.9. The molecule has 0 bridgehead atoms. The average molecular weight is 308 g/mol. The van der Waals surface area contributed by atoms with Gasteiger partial charge in [0.05, 0.1) is 12.5 Å². The number of thioether (sulfide) groups is 1. The molecule has 6 nitrogen and oxygen atoms in total. The number of carbonyl (C=O) groups is 2. The summed E-state index contributed by atoms with van der Waals surface area (Å²) in [6, 6.07) is -0.454. The van der Waals surface area contributed by atoms with Gasteiger partial charge < -0.3 is 15.3 Å². The van der Waals surface area contributed by atoms with Gasteiger partial charge in [-0.25, -0.2) is 4.79 Å². The minimum Gasteiger partial charge on any atom is -0.481 e. The van der Waals surface area contributed by atoms with Gasteiger partial charge in [-0.1, -0.05) is 0 Å². The lowest BCUT2D eigenvalue weighted by Crippen LogP contribution is -2.51. The number of nitrogens with one attached hydrogen (secondary N) is 1. The molecule has 0 spiro atoms. The molecular formula is C11H20N2O4S2. The van der Waals surface area contributed by atoms with Crippen molar-refractivity contribution in [1.29, 1.82) is 0 Å². The Kier molecular flexibility index (Phi) is 7.22. The van der Waals surface area contributed by atoms with Crippen LogP contribution in [0, 0.1) is 0 Å². The van der Waals surface area contributed by atoms with Gasteiger partial charge in [0.25, 0.3) is 0 Å². The third-order valence-corrected chi connectivity index (χ3v) is 4.74. The summed E-state index contributed by atoms with van der Waals surface area (Å²) in [5.74, 6) is 1.18. The van der Waals surface area contributed by atoms with Gasteiger partial charge in [0.2, 0.25) is 0 Å². The molecule has 2 amide bonds. The monoisotopic (exact) mass is 308 g/mol. The smallest absolute Gasteiger partial charge is 0.317 e. The molecule has 1 saturated heterocycles. The van der Waals surface area contributed by atoms with E-state index >= 15 is 0 Å². The molecule has 2 unspecified atom stereocenters. The zero-order chi connectivity index (χ0) is 14.3. The number of hydrogen-bond acceptors (Lipinski definition) is 4. The van der Waals surface area contributed by atoms with Gasteiger partial charge in [-0.3, -0.25) is 9.00 Å². The van der Waals surface area contributed by atoms with Crippen LogP contribution >= 0.6 is 11.8 Å². The lowest BCUT2D eigenvalue weighted by Gasteiger charge is -2.34. The van der Waals surface area contributed by atoms with Crippen molar-refractivity contribution >= 4 is 34.6 Å². The maximum Gasteiger partial charge on any atom is 0.317 e. The van der Waals surface area contributed by atoms with E-state index in [-0.39, 0.29) is 18.5 Å². The van der Waals surface area contributed by atoms with E-state index in [2.05, 4.69) is 5.32 Å². The molecule has 2 atom stereocenters. The fourth-order valence-corrected chi connectivity index (χ4v) is 3.48. The zero-order valence-electron chi connectivity index (χ0n) is 11.0. The molecule has 110 valence electrons. The van der Waals surface area contributed by atoms with Crippen molar-refractivity contribution in [2.75, 3.05) is 36.6 Å². The second kappa shape index (κ2) is 8.42. The fourth-order valence-electron chi connectivity index (χ4n) is 1.87. The molecule has 0 aliphatic carbocycles. The molecular weight excluding hydrogens is 288 g/mol. The third-order valence-electron chi connectivity index (χ3n) is 2.78. The van der Waals surface area contributed by atoms with Crippen LogP contribution in [0.3, 0.4) is 0 Å². The number of aliphatic carboxylic acids is 1. The quantitative estimate of drug-likeness (QED) is 0.692. The molecule has 0 saturated carbocycles. The zero-order valence-corrected chi connectivity index (χ0v) is 12.6. The Balaban J connectivity index is 2.38. The molecule has 0 radical (unpaired) electrons. The molecule has 19 heavy (non-hydrogen) atoms. The van der Waals surface area contributed by atoms with E-state index in [0.717, 1.165) is 5.75 Å². The molecule has 1 aliphatic rings. The first-order chi connectivity index (χ1) is 9.00. The van der Waals surface area contributed by atoms with Gasteiger partial charge in [-0.15, -0.1) is 0 Å². The average Bonchev–Trinajstić information content (AvgIpc) is 2.34. The van der Waals surface area contributed by atoms with E-state index in [9.17, 15) is 13.8 Å². The number of carbonyl (C=O) groups excluding carboxylic acids is 1. The van der Waals surface area contributed by atoms with Crippen molar-refractivity contribution in [3.8, 4) is 0 Å². The summed E-state index contributed by atoms with van der Waals surface area (Å²) in [7, 11) is -0.846. The highest BCUT2D eigenvalue weighted by Crippen LogP contribution is 2.18. The maximum absolute atomic E-state index is 12.0. The standard InChI is InChI=1S/C11H20N2O4S2/c1-19(17)6-2-3-12-11(16)13-4-5-18-8-9(13)7-10(14)15/h9H,2-8H2,1H3,(H,12,16)(H,14,15). The predicted octanol–water partition coefficient (Wildman–Crippen LogP) is 0.357. The summed E-state index contributed by atoms with van der Waals surface area (Å²) in [4.78, 5) is 24.3. The van der Waals surface area contributed by atoms with Crippen molar-refractivity contribution < 1.29 is 18.9 Å². The van der Waals surface area contributed by atoms with Crippen LogP contribution < -0.4 is 5.32 Å². The molecule has 2 N–H and O–H groups in total. The van der Waals surface area contributed by atoms with Gasteiger partial charge >= 0.3 is 12.0 Å². The van der Waals surface area contributed by atoms with E-state index < -0.39 is 16.8 Å². The van der Waals surface area contributed by atoms with Crippen LogP contribution in [0.4, 0.5) is 4.79 Å². The summed E-state index contributed by atoms with van der Waals surface area (Å²) in [6.07, 6.45) is 2.28. The molecule has 1 heterocycles. The number of carboxylic acid groups (broad SMARTS) is 1. The molecule has 1 aliphatic heterocycles. The predicted molar refractivity (Wildman–Crippen MR) is 77.0 cm³/mol. The van der Waals surface area contributed by atoms with E-state index in [1.165, 1.54) is 0 Å². The van der Waals surface area contributed by atoms with Crippen molar-refractivity contribution in [1.82, 2.24) is 10.2 Å². The highest BCUT2D eigenvalue weighted by atomic mass is 32.2. The highest BCUT2D eigenvalue weighted by molar-refractivity contribution is 7.99. The van der Waals surface area contributed by atoms with Crippen LogP contribution in [0.25, 0.3) is 0 Å². The Morgan fingerprint density at radius 2 is 2.26 bits per heavy atom. The number of nitrogens with zero attached hydrogens (tertiary/aromatic N) is 1. The van der Waals surface area contributed by atoms with E-state index in [1.54, 1.807) is 22.9 Å². The fraction of sp³-hybridized carbons (Fsp3) is 0.818. The third kappa shape index (κ3) is 6.29. The lowest BCUT2D eigenvalue weighted by molar-refractivity contribution is -0.137. The van der Waals surface area contributed by atoms with Crippen LogP contribution in [-0.2, 0) is 15.6 Å². The van der Waals surface area contributed by atoms with Gasteiger partial charge in [0, 0.05) is 47.4 Å². The van der Waals surface area contributed by atoms with Gasteiger partial charge in [-0.05, 0) is 6.42 Å². The van der Waals surface area contributed by atoms with E-state index in [4.69, 9.17) is 5.11 Å². The summed E-state index contributed by atoms with van der Waals surface area (Å²) < 4.78 is 10.9. The Morgan fingerprint density at radius 3 is 2.89 bits per heavy atom. The summed E-state index contributed by atoms with van der Waals surface area (Å²) in [5.41, 5.74) is 0. The van der Waals surface area contributed by atoms with Crippen molar-refractivity contribution in [3.63, 3.8) is 0 Å². The van der Waals surface area contributed by atoms with Crippen molar-refractivity contribution in [2.24, 2.45) is 0 Å². The van der Waals surface area contributed by atoms with Crippen LogP contribution in [0.15, 0.2) is 0 Å². The van der Waals surface area contributed by atoms with Gasteiger partial charge in [-0.2, -0.15) is 11.8 Å². The second-order valence-electron chi connectivity index (χ2n) is 4.38. The molecule has 0 aromatic heterocycles. The Morgan fingerprint density at radius 1 is 1.53 bits per heavy atom. The van der Waals surface area contributed by atoms with Crippen LogP contribution in [-0.4, -0.2) is 68.9 Å². The van der Waals surface area contributed by atoms with Crippen molar-refractivity contribution in [3.05, 3.63) is 0 Å². The summed E-state index contributed by atoms with van der Waals surface area (Å²) in [5, 5.41) is 11.6. The summed E-state index contributed by atoms with van der Waals surface area (Å²) >= 11 is 1.67. The number of carboxylic acids is 1. The summed E-state index contributed by atoms with van der Waals surface area (Å²) in [6.45, 7) is 1.05. The second-order valence-corrected chi connectivity index (χ2v) is 7.09. The van der Waals surface area contributed by atoms with E-state index in [1.807, 2.05) is 0 Å². The van der Waals surface area contributed by atoms with Gasteiger partial charge in [0.15, 0.2) is 0 Å². The number of hydrogen-bond donors (Lipinski definition) is 2. The molecule has 0 aromatic rings. The minimum atomic E-state index is -0.883. The Hall–Kier alpha value is -0.760. The van der Waals surface area contributed by atoms with Gasteiger partial charge in [0.1, 0.15) is 0 Å². The first-order valence-electron chi connectivity index (χ1n) is 6.14. The van der Waals surface area contributed by atoms with Crippen LogP contribution in [0.5, 0.6) is 0 Å². The SMILES string of the molecule is CS(=O)CCCNC(=O)N1CCSCC1CC(=O)O. The van der Waals surface area contributed by atoms with Crippen LogP contribution in [0.1, 0.15) is 12.8 Å². The Bertz CT molecular complexity index is 352. The maximum atomic E-state index is 12.0. The highest BCUT2D eigenvalue weighted by Gasteiger charge is 2.28. The number of urea groups is 1. The number of rotatable bonds is 6. The van der Waals surface area contributed by atoms with Crippen molar-refractivity contribution in [2.45, 2.75) is 18.9 Å². The Labute approximate surface area is 119 Å². The van der Waals surface area contributed by atoms with E-state index in [0.29, 0.717) is 31.0 Å². The lowest BCUT2D eigenvalue weighted by atomic mass is 10.2. The first-order valence-corrected chi connectivity index (χ1v) is 9.03. The topological polar surface area (TPSA) is 86.7 Å². The first kappa shape index (κ1) is 16.3. The van der Waals surface area contributed by atoms with Crippen LogP contribution in [0.2, 0.25) is 0 Å². The molecule has 1 rings (SSSR count).